The summed E-state index contributed by atoms with van der Waals surface area (Å²) >= 11 is 0. The number of nitrogens with zero attached hydrogens (tertiary/aromatic N) is 1. The van der Waals surface area contributed by atoms with Gasteiger partial charge in [-0.3, -0.25) is 0 Å². The summed E-state index contributed by atoms with van der Waals surface area (Å²) in [5.74, 6) is 0.502. The molecule has 0 saturated carbocycles. The van der Waals surface area contributed by atoms with Crippen LogP contribution in [-0.2, 0) is 0 Å². The van der Waals surface area contributed by atoms with E-state index >= 15 is 0 Å². The van der Waals surface area contributed by atoms with E-state index < -0.39 is 0 Å². The molecular formula is C11H25NO. The molecule has 0 saturated heterocycles. The number of rotatable bonds is 7. The molecule has 80 valence electrons. The normalized spacial score (nSPS) is 14.1. The summed E-state index contributed by atoms with van der Waals surface area (Å²) in [5.41, 5.74) is 0. The van der Waals surface area contributed by atoms with Crippen LogP contribution in [0.25, 0.3) is 0 Å². The zero-order valence-corrected chi connectivity index (χ0v) is 9.58. The highest BCUT2D eigenvalue weighted by atomic mass is 16.3. The van der Waals surface area contributed by atoms with E-state index in [1.54, 1.807) is 0 Å². The van der Waals surface area contributed by atoms with E-state index in [0.29, 0.717) is 5.92 Å². The van der Waals surface area contributed by atoms with Gasteiger partial charge in [0.1, 0.15) is 0 Å². The Labute approximate surface area is 82.9 Å². The predicted molar refractivity (Wildman–Crippen MR) is 57.9 cm³/mol. The molecule has 0 aliphatic rings. The number of hydrogen-bond donors (Lipinski definition) is 1. The molecule has 13 heavy (non-hydrogen) atoms. The minimum atomic E-state index is -0.0880. The van der Waals surface area contributed by atoms with E-state index in [1.165, 1.54) is 0 Å². The average Bonchev–Trinajstić information content (AvgIpc) is 2.05. The van der Waals surface area contributed by atoms with Crippen molar-refractivity contribution in [3.05, 3.63) is 0 Å². The predicted octanol–water partition coefficient (Wildman–Crippen LogP) is 2.13. The van der Waals surface area contributed by atoms with Gasteiger partial charge in [-0.1, -0.05) is 26.7 Å². The first kappa shape index (κ1) is 12.9. The molecule has 0 heterocycles. The van der Waals surface area contributed by atoms with Crippen LogP contribution in [0, 0.1) is 5.92 Å². The minimum absolute atomic E-state index is 0.0880. The highest BCUT2D eigenvalue weighted by Gasteiger charge is 2.14. The van der Waals surface area contributed by atoms with Crippen molar-refractivity contribution >= 4 is 0 Å². The van der Waals surface area contributed by atoms with Crippen LogP contribution in [0.1, 0.15) is 39.5 Å². The molecule has 0 radical (unpaired) electrons. The molecule has 1 unspecified atom stereocenters. The van der Waals surface area contributed by atoms with Gasteiger partial charge >= 0.3 is 0 Å². The molecule has 0 amide bonds. The van der Waals surface area contributed by atoms with Crippen LogP contribution in [0.5, 0.6) is 0 Å². The third kappa shape index (κ3) is 6.05. The van der Waals surface area contributed by atoms with Gasteiger partial charge in [0.2, 0.25) is 0 Å². The second kappa shape index (κ2) is 7.34. The van der Waals surface area contributed by atoms with Crippen molar-refractivity contribution in [3.8, 4) is 0 Å². The molecule has 0 aromatic carbocycles. The van der Waals surface area contributed by atoms with Crippen molar-refractivity contribution in [3.63, 3.8) is 0 Å². The lowest BCUT2D eigenvalue weighted by molar-refractivity contribution is 0.0900. The van der Waals surface area contributed by atoms with Gasteiger partial charge in [0.05, 0.1) is 6.10 Å². The summed E-state index contributed by atoms with van der Waals surface area (Å²) in [6.45, 7) is 5.39. The van der Waals surface area contributed by atoms with Crippen molar-refractivity contribution in [1.29, 1.82) is 0 Å². The van der Waals surface area contributed by atoms with Gasteiger partial charge in [-0.05, 0) is 39.4 Å². The van der Waals surface area contributed by atoms with Gasteiger partial charge in [-0.25, -0.2) is 0 Å². The smallest absolute Gasteiger partial charge is 0.0568 e. The second-order valence-electron chi connectivity index (χ2n) is 4.09. The third-order valence-corrected chi connectivity index (χ3v) is 2.70. The lowest BCUT2D eigenvalue weighted by Gasteiger charge is -2.20. The van der Waals surface area contributed by atoms with E-state index in [9.17, 15) is 5.11 Å². The Hall–Kier alpha value is -0.0800. The first-order valence-electron chi connectivity index (χ1n) is 5.44. The molecule has 1 atom stereocenters. The summed E-state index contributed by atoms with van der Waals surface area (Å²) in [4.78, 5) is 2.17. The van der Waals surface area contributed by atoms with Crippen molar-refractivity contribution in [2.75, 3.05) is 20.6 Å². The Bertz CT molecular complexity index is 111. The van der Waals surface area contributed by atoms with Crippen molar-refractivity contribution in [1.82, 2.24) is 4.90 Å². The maximum absolute atomic E-state index is 9.80. The fourth-order valence-electron chi connectivity index (χ4n) is 1.69. The summed E-state index contributed by atoms with van der Waals surface area (Å²) < 4.78 is 0. The Morgan fingerprint density at radius 3 is 2.08 bits per heavy atom. The summed E-state index contributed by atoms with van der Waals surface area (Å²) in [5, 5.41) is 9.80. The lowest BCUT2D eigenvalue weighted by atomic mass is 9.93. The Kier molecular flexibility index (Phi) is 7.29. The van der Waals surface area contributed by atoms with Crippen LogP contribution in [0.3, 0.4) is 0 Å². The fourth-order valence-corrected chi connectivity index (χ4v) is 1.69. The van der Waals surface area contributed by atoms with Crippen LogP contribution < -0.4 is 0 Å². The quantitative estimate of drug-likeness (QED) is 0.660. The molecule has 0 aliphatic heterocycles. The lowest BCUT2D eigenvalue weighted by Crippen LogP contribution is -2.21. The van der Waals surface area contributed by atoms with Crippen molar-refractivity contribution in [2.45, 2.75) is 45.6 Å². The van der Waals surface area contributed by atoms with Gasteiger partial charge in [0, 0.05) is 0 Å². The van der Waals surface area contributed by atoms with E-state index in [4.69, 9.17) is 0 Å². The molecule has 0 aromatic rings. The number of aliphatic hydroxyl groups excluding tert-OH is 1. The molecule has 0 spiro atoms. The minimum Gasteiger partial charge on any atom is -0.393 e. The monoisotopic (exact) mass is 187 g/mol. The van der Waals surface area contributed by atoms with Crippen LogP contribution in [0.4, 0.5) is 0 Å². The first-order valence-corrected chi connectivity index (χ1v) is 5.44. The average molecular weight is 187 g/mol. The topological polar surface area (TPSA) is 23.5 Å². The van der Waals surface area contributed by atoms with E-state index in [0.717, 1.165) is 32.2 Å². The Morgan fingerprint density at radius 2 is 1.69 bits per heavy atom. The molecule has 0 aliphatic carbocycles. The molecule has 1 N–H and O–H groups in total. The molecular weight excluding hydrogens is 162 g/mol. The maximum atomic E-state index is 9.80. The van der Waals surface area contributed by atoms with Crippen molar-refractivity contribution in [2.24, 2.45) is 5.92 Å². The number of aliphatic hydroxyl groups is 1. The van der Waals surface area contributed by atoms with Gasteiger partial charge in [0.15, 0.2) is 0 Å². The van der Waals surface area contributed by atoms with Gasteiger partial charge in [-0.15, -0.1) is 0 Å². The van der Waals surface area contributed by atoms with Gasteiger partial charge in [0.25, 0.3) is 0 Å². The molecule has 2 nitrogen and oxygen atoms in total. The third-order valence-electron chi connectivity index (χ3n) is 2.70. The summed E-state index contributed by atoms with van der Waals surface area (Å²) in [6, 6.07) is 0. The number of hydrogen-bond acceptors (Lipinski definition) is 2. The SMILES string of the molecule is CCC(CC)C(O)CCCN(C)C. The zero-order valence-electron chi connectivity index (χ0n) is 9.58. The Morgan fingerprint density at radius 1 is 1.15 bits per heavy atom. The second-order valence-corrected chi connectivity index (χ2v) is 4.09. The van der Waals surface area contributed by atoms with Crippen LogP contribution >= 0.6 is 0 Å². The van der Waals surface area contributed by atoms with E-state index in [1.807, 2.05) is 0 Å². The summed E-state index contributed by atoms with van der Waals surface area (Å²) in [7, 11) is 4.15. The largest absolute Gasteiger partial charge is 0.393 e. The molecule has 2 heteroatoms. The molecule has 0 fully saturated rings. The van der Waals surface area contributed by atoms with Crippen LogP contribution in [0.15, 0.2) is 0 Å². The van der Waals surface area contributed by atoms with Gasteiger partial charge < -0.3 is 10.0 Å². The zero-order chi connectivity index (χ0) is 10.3. The molecule has 0 bridgehead atoms. The highest BCUT2D eigenvalue weighted by Crippen LogP contribution is 2.16. The van der Waals surface area contributed by atoms with Crippen molar-refractivity contribution < 1.29 is 5.11 Å². The van der Waals surface area contributed by atoms with Gasteiger partial charge in [-0.2, -0.15) is 0 Å². The Balaban J connectivity index is 3.53. The van der Waals surface area contributed by atoms with E-state index in [2.05, 4.69) is 32.8 Å². The maximum Gasteiger partial charge on any atom is 0.0568 e. The first-order chi connectivity index (χ1) is 6.11. The molecule has 0 rings (SSSR count). The van der Waals surface area contributed by atoms with Crippen LogP contribution in [-0.4, -0.2) is 36.8 Å². The highest BCUT2D eigenvalue weighted by molar-refractivity contribution is 4.66. The van der Waals surface area contributed by atoms with Crippen LogP contribution in [0.2, 0.25) is 0 Å². The van der Waals surface area contributed by atoms with E-state index in [-0.39, 0.29) is 6.10 Å². The molecule has 0 aromatic heterocycles. The fraction of sp³-hybridized carbons (Fsp3) is 1.00. The summed E-state index contributed by atoms with van der Waals surface area (Å²) in [6.07, 6.45) is 4.16. The standard InChI is InChI=1S/C11H25NO/c1-5-10(6-2)11(13)8-7-9-12(3)4/h10-11,13H,5-9H2,1-4H3.